The van der Waals surface area contributed by atoms with Gasteiger partial charge in [-0.05, 0) is 69.4 Å². The number of hydrogen-bond acceptors (Lipinski definition) is 7. The van der Waals surface area contributed by atoms with Crippen molar-refractivity contribution in [1.29, 1.82) is 0 Å². The molecule has 1 atom stereocenters. The van der Waals surface area contributed by atoms with Crippen molar-refractivity contribution in [3.63, 3.8) is 0 Å². The molecule has 0 bridgehead atoms. The standard InChI is InChI=1S/C27H29Cl2N7O4/c1-16-12-17-13-18(7-8-21(17)40-16)30-27(32-25(38)19-14-22(28)33-34-24(19)29)31-20-6-2-3-11-36(26(20)39)15-23(37)35-9-4-5-10-35/h7-8,12-14,20H,2-6,9-11,15H2,1H3,(H2,30,31,32,38). The first-order valence-corrected chi connectivity index (χ1v) is 13.9. The Labute approximate surface area is 240 Å². The van der Waals surface area contributed by atoms with Gasteiger partial charge in [-0.1, -0.05) is 23.2 Å². The summed E-state index contributed by atoms with van der Waals surface area (Å²) in [6.45, 7) is 3.80. The fraction of sp³-hybridized carbons (Fsp3) is 0.407. The van der Waals surface area contributed by atoms with Crippen molar-refractivity contribution >= 4 is 63.5 Å². The van der Waals surface area contributed by atoms with Crippen LogP contribution in [0.15, 0.2) is 39.7 Å². The van der Waals surface area contributed by atoms with Crippen molar-refractivity contribution < 1.29 is 18.8 Å². The van der Waals surface area contributed by atoms with Crippen LogP contribution in [0.25, 0.3) is 11.0 Å². The predicted octanol–water partition coefficient (Wildman–Crippen LogP) is 4.04. The highest BCUT2D eigenvalue weighted by Crippen LogP contribution is 2.23. The van der Waals surface area contributed by atoms with Gasteiger partial charge < -0.3 is 19.5 Å². The Kier molecular flexibility index (Phi) is 8.51. The van der Waals surface area contributed by atoms with Gasteiger partial charge in [0.25, 0.3) is 5.91 Å². The second-order valence-electron chi connectivity index (χ2n) is 9.90. The van der Waals surface area contributed by atoms with E-state index in [2.05, 4.69) is 25.8 Å². The average Bonchev–Trinajstić information content (AvgIpc) is 3.56. The smallest absolute Gasteiger partial charge is 0.261 e. The molecular formula is C27H29Cl2N7O4. The Morgan fingerprint density at radius 1 is 1.07 bits per heavy atom. The summed E-state index contributed by atoms with van der Waals surface area (Å²) >= 11 is 12.0. The number of benzene rings is 1. The van der Waals surface area contributed by atoms with Crippen LogP contribution < -0.4 is 10.6 Å². The molecule has 0 spiro atoms. The highest BCUT2D eigenvalue weighted by Gasteiger charge is 2.30. The quantitative estimate of drug-likeness (QED) is 0.341. The zero-order chi connectivity index (χ0) is 28.2. The maximum absolute atomic E-state index is 13.6. The molecule has 2 N–H and O–H groups in total. The first kappa shape index (κ1) is 27.9. The number of halogens is 2. The van der Waals surface area contributed by atoms with Gasteiger partial charge in [-0.2, -0.15) is 0 Å². The number of likely N-dealkylation sites (tertiary alicyclic amines) is 2. The van der Waals surface area contributed by atoms with Gasteiger partial charge in [0.1, 0.15) is 17.4 Å². The zero-order valence-corrected chi connectivity index (χ0v) is 23.5. The summed E-state index contributed by atoms with van der Waals surface area (Å²) in [7, 11) is 0. The largest absolute Gasteiger partial charge is 0.461 e. The van der Waals surface area contributed by atoms with Crippen molar-refractivity contribution in [1.82, 2.24) is 25.3 Å². The number of hydrogen-bond donors (Lipinski definition) is 2. The summed E-state index contributed by atoms with van der Waals surface area (Å²) in [5.41, 5.74) is 1.33. The van der Waals surface area contributed by atoms with Crippen LogP contribution in [0.2, 0.25) is 10.3 Å². The first-order valence-electron chi connectivity index (χ1n) is 13.2. The third-order valence-corrected chi connectivity index (χ3v) is 7.38. The highest BCUT2D eigenvalue weighted by atomic mass is 35.5. The number of aryl methyl sites for hydroxylation is 1. The molecule has 210 valence electrons. The van der Waals surface area contributed by atoms with Crippen LogP contribution in [-0.2, 0) is 9.59 Å². The Balaban J connectivity index is 1.42. The number of furan rings is 1. The lowest BCUT2D eigenvalue weighted by Crippen LogP contribution is -2.45. The number of nitrogens with one attached hydrogen (secondary N) is 2. The summed E-state index contributed by atoms with van der Waals surface area (Å²) in [5.74, 6) is -0.137. The summed E-state index contributed by atoms with van der Waals surface area (Å²) in [4.78, 5) is 47.6. The molecule has 3 amide bonds. The Hall–Kier alpha value is -3.70. The molecule has 0 aliphatic carbocycles. The number of guanidine groups is 1. The number of rotatable bonds is 5. The summed E-state index contributed by atoms with van der Waals surface area (Å²) < 4.78 is 5.66. The van der Waals surface area contributed by atoms with Crippen LogP contribution in [0, 0.1) is 6.92 Å². The van der Waals surface area contributed by atoms with E-state index >= 15 is 0 Å². The molecule has 3 aromatic rings. The number of carbonyl (C=O) groups is 3. The minimum Gasteiger partial charge on any atom is -0.461 e. The molecule has 13 heteroatoms. The van der Waals surface area contributed by atoms with Crippen LogP contribution in [0.1, 0.15) is 48.2 Å². The van der Waals surface area contributed by atoms with Crippen molar-refractivity contribution in [3.8, 4) is 0 Å². The number of anilines is 1. The lowest BCUT2D eigenvalue weighted by atomic mass is 10.1. The second-order valence-corrected chi connectivity index (χ2v) is 10.6. The Bertz CT molecular complexity index is 1470. The molecule has 0 radical (unpaired) electrons. The minimum absolute atomic E-state index is 0.000894. The average molecular weight is 586 g/mol. The van der Waals surface area contributed by atoms with E-state index in [1.165, 1.54) is 6.07 Å². The number of aliphatic imine (C=N–C) groups is 1. The Morgan fingerprint density at radius 3 is 2.65 bits per heavy atom. The molecule has 4 heterocycles. The van der Waals surface area contributed by atoms with Crippen LogP contribution in [0.3, 0.4) is 0 Å². The summed E-state index contributed by atoms with van der Waals surface area (Å²) in [5, 5.41) is 13.9. The fourth-order valence-corrected chi connectivity index (χ4v) is 5.25. The summed E-state index contributed by atoms with van der Waals surface area (Å²) in [6, 6.07) is 7.82. The van der Waals surface area contributed by atoms with E-state index in [1.54, 1.807) is 21.9 Å². The number of nitrogens with zero attached hydrogens (tertiary/aromatic N) is 5. The first-order chi connectivity index (χ1) is 19.3. The molecule has 2 aliphatic heterocycles. The van der Waals surface area contributed by atoms with Crippen LogP contribution >= 0.6 is 23.2 Å². The fourth-order valence-electron chi connectivity index (χ4n) is 4.92. The number of amides is 3. The number of carbonyl (C=O) groups excluding carboxylic acids is 3. The van der Waals surface area contributed by atoms with Crippen LogP contribution in [0.4, 0.5) is 5.69 Å². The molecular weight excluding hydrogens is 557 g/mol. The second kappa shape index (κ2) is 12.2. The maximum Gasteiger partial charge on any atom is 0.261 e. The molecule has 1 aromatic carbocycles. The minimum atomic E-state index is -0.800. The highest BCUT2D eigenvalue weighted by molar-refractivity contribution is 6.34. The van der Waals surface area contributed by atoms with E-state index in [-0.39, 0.29) is 40.2 Å². The zero-order valence-electron chi connectivity index (χ0n) is 22.0. The van der Waals surface area contributed by atoms with Gasteiger partial charge >= 0.3 is 0 Å². The molecule has 2 saturated heterocycles. The lowest BCUT2D eigenvalue weighted by molar-refractivity contribution is -0.140. The normalized spacial score (nSPS) is 18.2. The van der Waals surface area contributed by atoms with Gasteiger partial charge in [0.15, 0.2) is 10.3 Å². The van der Waals surface area contributed by atoms with E-state index in [9.17, 15) is 14.4 Å². The molecule has 1 unspecified atom stereocenters. The van der Waals surface area contributed by atoms with Crippen LogP contribution in [-0.4, -0.2) is 75.9 Å². The van der Waals surface area contributed by atoms with Gasteiger partial charge in [0.2, 0.25) is 17.8 Å². The molecule has 2 aromatic heterocycles. The topological polar surface area (TPSA) is 133 Å². The maximum atomic E-state index is 13.6. The monoisotopic (exact) mass is 585 g/mol. The van der Waals surface area contributed by atoms with E-state index in [0.717, 1.165) is 49.9 Å². The van der Waals surface area contributed by atoms with Gasteiger partial charge in [0, 0.05) is 30.7 Å². The third kappa shape index (κ3) is 6.53. The van der Waals surface area contributed by atoms with E-state index < -0.39 is 11.9 Å². The van der Waals surface area contributed by atoms with E-state index in [0.29, 0.717) is 24.2 Å². The predicted molar refractivity (Wildman–Crippen MR) is 152 cm³/mol. The van der Waals surface area contributed by atoms with Gasteiger partial charge in [-0.25, -0.2) is 4.99 Å². The van der Waals surface area contributed by atoms with Crippen LogP contribution in [0.5, 0.6) is 0 Å². The third-order valence-electron chi connectivity index (χ3n) is 6.92. The molecule has 5 rings (SSSR count). The summed E-state index contributed by atoms with van der Waals surface area (Å²) in [6.07, 6.45) is 3.93. The van der Waals surface area contributed by atoms with E-state index in [1.807, 2.05) is 19.1 Å². The molecule has 2 fully saturated rings. The van der Waals surface area contributed by atoms with Crippen molar-refractivity contribution in [3.05, 3.63) is 52.0 Å². The van der Waals surface area contributed by atoms with Gasteiger partial charge in [0.05, 0.1) is 12.1 Å². The SMILES string of the molecule is Cc1cc2cc(NC(=NC3CCCCN(CC(=O)N4CCCC4)C3=O)NC(=O)c3cc(Cl)nnc3Cl)ccc2o1. The molecule has 0 saturated carbocycles. The Morgan fingerprint density at radius 2 is 1.85 bits per heavy atom. The van der Waals surface area contributed by atoms with Crippen molar-refractivity contribution in [2.45, 2.75) is 45.1 Å². The number of aromatic nitrogens is 2. The number of fused-ring (bicyclic) bond motifs is 1. The lowest BCUT2D eigenvalue weighted by Gasteiger charge is -2.25. The van der Waals surface area contributed by atoms with Gasteiger partial charge in [-0.3, -0.25) is 19.7 Å². The van der Waals surface area contributed by atoms with E-state index in [4.69, 9.17) is 27.6 Å². The molecule has 11 nitrogen and oxygen atoms in total. The van der Waals surface area contributed by atoms with Crippen molar-refractivity contribution in [2.75, 3.05) is 31.5 Å². The van der Waals surface area contributed by atoms with Crippen molar-refractivity contribution in [2.24, 2.45) is 4.99 Å². The molecule has 2 aliphatic rings. The van der Waals surface area contributed by atoms with Gasteiger partial charge in [-0.15, -0.1) is 10.2 Å². The molecule has 40 heavy (non-hydrogen) atoms.